The average Bonchev–Trinajstić information content (AvgIpc) is 3.38. The van der Waals surface area contributed by atoms with Gasteiger partial charge in [0.25, 0.3) is 0 Å². The molecular formula is C24H23N3O3. The monoisotopic (exact) mass is 401 g/mol. The molecule has 1 aliphatic heterocycles. The van der Waals surface area contributed by atoms with Crippen molar-refractivity contribution in [1.82, 2.24) is 14.9 Å². The molecule has 3 aromatic carbocycles. The van der Waals surface area contributed by atoms with Crippen LogP contribution in [0.15, 0.2) is 66.7 Å². The van der Waals surface area contributed by atoms with Gasteiger partial charge in [0.1, 0.15) is 11.6 Å². The molecule has 1 aliphatic rings. The Morgan fingerprint density at radius 2 is 1.80 bits per heavy atom. The number of fused-ring (bicyclic) bond motifs is 2. The number of aromatic nitrogens is 2. The summed E-state index contributed by atoms with van der Waals surface area (Å²) in [5.74, 6) is 3.41. The lowest BCUT2D eigenvalue weighted by Crippen LogP contribution is -2.17. The standard InChI is InChI=1S/C24H23N3O3/c1-28-19-8-9-21-20(12-19)26-24(27(21)15-17-5-3-2-4-6-17)14-25-13-18-7-10-22-23(11-18)30-16-29-22/h2-12,25H,13-16H2,1H3. The summed E-state index contributed by atoms with van der Waals surface area (Å²) >= 11 is 0. The van der Waals surface area contributed by atoms with Crippen molar-refractivity contribution in [3.8, 4) is 17.2 Å². The number of hydrogen-bond acceptors (Lipinski definition) is 5. The van der Waals surface area contributed by atoms with Crippen molar-refractivity contribution < 1.29 is 14.2 Å². The zero-order valence-corrected chi connectivity index (χ0v) is 16.8. The Bertz CT molecular complexity index is 1170. The molecule has 0 atom stereocenters. The number of benzene rings is 3. The minimum absolute atomic E-state index is 0.291. The molecule has 0 aliphatic carbocycles. The molecule has 0 fully saturated rings. The van der Waals surface area contributed by atoms with Crippen molar-refractivity contribution >= 4 is 11.0 Å². The van der Waals surface area contributed by atoms with E-state index in [9.17, 15) is 0 Å². The highest BCUT2D eigenvalue weighted by atomic mass is 16.7. The number of nitrogens with one attached hydrogen (secondary N) is 1. The van der Waals surface area contributed by atoms with Gasteiger partial charge in [0.2, 0.25) is 6.79 Å². The van der Waals surface area contributed by atoms with Crippen molar-refractivity contribution in [1.29, 1.82) is 0 Å². The van der Waals surface area contributed by atoms with Crippen LogP contribution < -0.4 is 19.5 Å². The number of hydrogen-bond donors (Lipinski definition) is 1. The van der Waals surface area contributed by atoms with Crippen LogP contribution in [0.5, 0.6) is 17.2 Å². The summed E-state index contributed by atoms with van der Waals surface area (Å²) in [6, 6.07) is 22.5. The second-order valence-electron chi connectivity index (χ2n) is 7.25. The van der Waals surface area contributed by atoms with Gasteiger partial charge in [-0.05, 0) is 35.4 Å². The number of imidazole rings is 1. The molecule has 1 N–H and O–H groups in total. The zero-order chi connectivity index (χ0) is 20.3. The molecule has 0 bridgehead atoms. The van der Waals surface area contributed by atoms with Crippen LogP contribution in [-0.4, -0.2) is 23.5 Å². The summed E-state index contributed by atoms with van der Waals surface area (Å²) in [7, 11) is 1.68. The van der Waals surface area contributed by atoms with Crippen LogP contribution in [0.2, 0.25) is 0 Å². The van der Waals surface area contributed by atoms with Gasteiger partial charge >= 0.3 is 0 Å². The second kappa shape index (κ2) is 8.08. The summed E-state index contributed by atoms with van der Waals surface area (Å²) in [5, 5.41) is 3.51. The Labute approximate surface area is 175 Å². The molecule has 6 nitrogen and oxygen atoms in total. The van der Waals surface area contributed by atoms with E-state index in [1.165, 1.54) is 5.56 Å². The van der Waals surface area contributed by atoms with Crippen molar-refractivity contribution in [3.05, 3.63) is 83.7 Å². The summed E-state index contributed by atoms with van der Waals surface area (Å²) in [6.45, 7) is 2.43. The second-order valence-corrected chi connectivity index (χ2v) is 7.25. The summed E-state index contributed by atoms with van der Waals surface area (Å²) in [5.41, 5.74) is 4.42. The highest BCUT2D eigenvalue weighted by Gasteiger charge is 2.14. The van der Waals surface area contributed by atoms with Crippen molar-refractivity contribution in [2.75, 3.05) is 13.9 Å². The van der Waals surface area contributed by atoms with Gasteiger partial charge in [-0.2, -0.15) is 0 Å². The fourth-order valence-corrected chi connectivity index (χ4v) is 3.73. The highest BCUT2D eigenvalue weighted by molar-refractivity contribution is 5.78. The third-order valence-electron chi connectivity index (χ3n) is 5.27. The van der Waals surface area contributed by atoms with Crippen molar-refractivity contribution in [2.45, 2.75) is 19.6 Å². The first-order valence-electron chi connectivity index (χ1n) is 9.96. The number of nitrogens with zero attached hydrogens (tertiary/aromatic N) is 2. The first-order chi connectivity index (χ1) is 14.8. The van der Waals surface area contributed by atoms with Gasteiger partial charge in [0.15, 0.2) is 11.5 Å². The molecule has 4 aromatic rings. The molecule has 5 rings (SSSR count). The van der Waals surface area contributed by atoms with E-state index in [2.05, 4.69) is 46.3 Å². The predicted molar refractivity (Wildman–Crippen MR) is 115 cm³/mol. The molecule has 0 saturated heterocycles. The largest absolute Gasteiger partial charge is 0.497 e. The number of methoxy groups -OCH3 is 1. The maximum atomic E-state index is 5.47. The van der Waals surface area contributed by atoms with Crippen LogP contribution in [0.3, 0.4) is 0 Å². The predicted octanol–water partition coefficient (Wildman–Crippen LogP) is 4.11. The van der Waals surface area contributed by atoms with E-state index in [0.29, 0.717) is 19.9 Å². The van der Waals surface area contributed by atoms with Crippen LogP contribution in [0.4, 0.5) is 0 Å². The topological polar surface area (TPSA) is 57.5 Å². The average molecular weight is 401 g/mol. The molecule has 152 valence electrons. The van der Waals surface area contributed by atoms with E-state index in [1.807, 2.05) is 30.3 Å². The van der Waals surface area contributed by atoms with Gasteiger partial charge < -0.3 is 24.1 Å². The van der Waals surface area contributed by atoms with Crippen LogP contribution >= 0.6 is 0 Å². The van der Waals surface area contributed by atoms with E-state index in [1.54, 1.807) is 7.11 Å². The summed E-state index contributed by atoms with van der Waals surface area (Å²) in [6.07, 6.45) is 0. The minimum Gasteiger partial charge on any atom is -0.497 e. The Balaban J connectivity index is 1.38. The van der Waals surface area contributed by atoms with Crippen molar-refractivity contribution in [2.24, 2.45) is 0 Å². The molecule has 0 spiro atoms. The number of ether oxygens (including phenoxy) is 3. The van der Waals surface area contributed by atoms with Crippen LogP contribution in [0, 0.1) is 0 Å². The van der Waals surface area contributed by atoms with Crippen LogP contribution in [0.25, 0.3) is 11.0 Å². The van der Waals surface area contributed by atoms with Gasteiger partial charge in [-0.25, -0.2) is 4.98 Å². The van der Waals surface area contributed by atoms with Crippen molar-refractivity contribution in [3.63, 3.8) is 0 Å². The Morgan fingerprint density at radius 1 is 0.933 bits per heavy atom. The summed E-state index contributed by atoms with van der Waals surface area (Å²) < 4.78 is 18.5. The van der Waals surface area contributed by atoms with E-state index < -0.39 is 0 Å². The van der Waals surface area contributed by atoms with Gasteiger partial charge in [-0.15, -0.1) is 0 Å². The quantitative estimate of drug-likeness (QED) is 0.505. The van der Waals surface area contributed by atoms with Crippen LogP contribution in [-0.2, 0) is 19.6 Å². The fourth-order valence-electron chi connectivity index (χ4n) is 3.73. The first-order valence-corrected chi connectivity index (χ1v) is 9.96. The highest BCUT2D eigenvalue weighted by Crippen LogP contribution is 2.32. The third kappa shape index (κ3) is 3.69. The third-order valence-corrected chi connectivity index (χ3v) is 5.27. The molecule has 0 radical (unpaired) electrons. The Kier molecular flexibility index (Phi) is 4.99. The van der Waals surface area contributed by atoms with E-state index in [4.69, 9.17) is 19.2 Å². The maximum Gasteiger partial charge on any atom is 0.231 e. The lowest BCUT2D eigenvalue weighted by Gasteiger charge is -2.11. The Hall–Kier alpha value is -3.51. The molecule has 1 aromatic heterocycles. The molecule has 0 saturated carbocycles. The molecule has 0 unspecified atom stereocenters. The molecular weight excluding hydrogens is 378 g/mol. The molecule has 30 heavy (non-hydrogen) atoms. The van der Waals surface area contributed by atoms with Crippen LogP contribution in [0.1, 0.15) is 17.0 Å². The van der Waals surface area contributed by atoms with Gasteiger partial charge in [0, 0.05) is 19.2 Å². The molecule has 2 heterocycles. The first kappa shape index (κ1) is 18.5. The smallest absolute Gasteiger partial charge is 0.231 e. The lowest BCUT2D eigenvalue weighted by atomic mass is 10.2. The van der Waals surface area contributed by atoms with Gasteiger partial charge in [0.05, 0.1) is 24.7 Å². The lowest BCUT2D eigenvalue weighted by molar-refractivity contribution is 0.174. The van der Waals surface area contributed by atoms with E-state index >= 15 is 0 Å². The molecule has 0 amide bonds. The minimum atomic E-state index is 0.291. The molecule has 6 heteroatoms. The normalized spacial score (nSPS) is 12.4. The maximum absolute atomic E-state index is 5.47. The fraction of sp³-hybridized carbons (Fsp3) is 0.208. The zero-order valence-electron chi connectivity index (χ0n) is 16.8. The summed E-state index contributed by atoms with van der Waals surface area (Å²) in [4.78, 5) is 4.88. The van der Waals surface area contributed by atoms with E-state index in [0.717, 1.165) is 46.2 Å². The number of rotatable bonds is 7. The SMILES string of the molecule is COc1ccc2c(c1)nc(CNCc1ccc3c(c1)OCO3)n2Cc1ccccc1. The van der Waals surface area contributed by atoms with Gasteiger partial charge in [-0.3, -0.25) is 0 Å². The van der Waals surface area contributed by atoms with Gasteiger partial charge in [-0.1, -0.05) is 36.4 Å². The Morgan fingerprint density at radius 3 is 2.67 bits per heavy atom. The van der Waals surface area contributed by atoms with E-state index in [-0.39, 0.29) is 0 Å².